The molecule has 0 aliphatic rings. The van der Waals surface area contributed by atoms with Crippen molar-refractivity contribution in [3.8, 4) is 17.4 Å². The molecular formula is C11H10F2N2O3S. The van der Waals surface area contributed by atoms with Gasteiger partial charge < -0.3 is 13.6 Å². The predicted octanol–water partition coefficient (Wildman–Crippen LogP) is 3.60. The molecule has 0 aliphatic heterocycles. The Balaban J connectivity index is 1.97. The molecular weight excluding hydrogens is 278 g/mol. The van der Waals surface area contributed by atoms with Crippen LogP contribution in [0.5, 0.6) is 5.95 Å². The van der Waals surface area contributed by atoms with Gasteiger partial charge in [0.15, 0.2) is 0 Å². The van der Waals surface area contributed by atoms with E-state index in [0.717, 1.165) is 6.08 Å². The van der Waals surface area contributed by atoms with Gasteiger partial charge in [0.1, 0.15) is 5.56 Å². The summed E-state index contributed by atoms with van der Waals surface area (Å²) in [6, 6.07) is 1.64. The number of hydrogen-bond acceptors (Lipinski definition) is 6. The van der Waals surface area contributed by atoms with Crippen LogP contribution >= 0.6 is 11.8 Å². The molecule has 0 unspecified atom stereocenters. The lowest BCUT2D eigenvalue weighted by molar-refractivity contribution is 0.305. The van der Waals surface area contributed by atoms with E-state index in [2.05, 4.69) is 10.2 Å². The number of rotatable bonds is 6. The van der Waals surface area contributed by atoms with E-state index in [-0.39, 0.29) is 18.3 Å². The van der Waals surface area contributed by atoms with Crippen molar-refractivity contribution in [2.75, 3.05) is 12.9 Å². The van der Waals surface area contributed by atoms with Crippen LogP contribution in [-0.4, -0.2) is 23.1 Å². The molecule has 0 amide bonds. The maximum atomic E-state index is 11.8. The molecule has 2 heterocycles. The average molecular weight is 288 g/mol. The summed E-state index contributed by atoms with van der Waals surface area (Å²) in [7, 11) is 1.46. The van der Waals surface area contributed by atoms with Crippen LogP contribution in [0.1, 0.15) is 6.42 Å². The summed E-state index contributed by atoms with van der Waals surface area (Å²) in [5, 5.41) is 7.96. The highest BCUT2D eigenvalue weighted by Crippen LogP contribution is 2.31. The maximum absolute atomic E-state index is 11.8. The van der Waals surface area contributed by atoms with E-state index in [1.54, 1.807) is 6.07 Å². The zero-order chi connectivity index (χ0) is 13.7. The van der Waals surface area contributed by atoms with E-state index in [9.17, 15) is 8.78 Å². The monoisotopic (exact) mass is 288 g/mol. The fraction of sp³-hybridized carbons (Fsp3) is 0.273. The number of hydrogen-bond donors (Lipinski definition) is 0. The standard InChI is InChI=1S/C11H10F2N2O3S/c1-16-10-7(4-5-17-10)9-14-15-11(18-9)19-6-2-3-8(12)13/h3-5H,2,6H2,1H3. The summed E-state index contributed by atoms with van der Waals surface area (Å²) in [5.74, 6) is 0.976. The summed E-state index contributed by atoms with van der Waals surface area (Å²) in [6.45, 7) is 0. The molecule has 0 N–H and O–H groups in total. The molecule has 0 atom stereocenters. The molecule has 8 heteroatoms. The van der Waals surface area contributed by atoms with E-state index in [4.69, 9.17) is 13.6 Å². The summed E-state index contributed by atoms with van der Waals surface area (Å²) in [6.07, 6.45) is 0.846. The molecule has 2 aromatic rings. The molecule has 0 bridgehead atoms. The zero-order valence-corrected chi connectivity index (χ0v) is 10.7. The van der Waals surface area contributed by atoms with Crippen molar-refractivity contribution in [3.63, 3.8) is 0 Å². The quantitative estimate of drug-likeness (QED) is 0.598. The smallest absolute Gasteiger partial charge is 0.297 e. The molecule has 2 aromatic heterocycles. The summed E-state index contributed by atoms with van der Waals surface area (Å²) in [5.41, 5.74) is 0.552. The topological polar surface area (TPSA) is 61.3 Å². The van der Waals surface area contributed by atoms with E-state index >= 15 is 0 Å². The van der Waals surface area contributed by atoms with Crippen molar-refractivity contribution < 1.29 is 22.4 Å². The number of halogens is 2. The van der Waals surface area contributed by atoms with Crippen molar-refractivity contribution >= 4 is 11.8 Å². The Labute approximate surface area is 111 Å². The van der Waals surface area contributed by atoms with E-state index < -0.39 is 6.08 Å². The highest BCUT2D eigenvalue weighted by molar-refractivity contribution is 7.99. The third-order valence-electron chi connectivity index (χ3n) is 2.09. The minimum Gasteiger partial charge on any atom is -0.468 e. The number of thioether (sulfide) groups is 1. The summed E-state index contributed by atoms with van der Waals surface area (Å²) in [4.78, 5) is 0. The fourth-order valence-electron chi connectivity index (χ4n) is 1.30. The van der Waals surface area contributed by atoms with Crippen LogP contribution in [0, 0.1) is 0 Å². The van der Waals surface area contributed by atoms with Crippen LogP contribution in [0.25, 0.3) is 11.5 Å². The van der Waals surface area contributed by atoms with Crippen LogP contribution in [0.2, 0.25) is 0 Å². The Bertz CT molecular complexity index is 564. The first-order valence-electron chi connectivity index (χ1n) is 5.30. The number of aromatic nitrogens is 2. The van der Waals surface area contributed by atoms with Gasteiger partial charge >= 0.3 is 0 Å². The molecule has 0 saturated heterocycles. The van der Waals surface area contributed by atoms with Gasteiger partial charge in [0.05, 0.1) is 13.4 Å². The minimum atomic E-state index is -1.69. The van der Waals surface area contributed by atoms with Crippen molar-refractivity contribution in [2.24, 2.45) is 0 Å². The van der Waals surface area contributed by atoms with Crippen LogP contribution in [-0.2, 0) is 0 Å². The van der Waals surface area contributed by atoms with Gasteiger partial charge in [0.2, 0.25) is 0 Å². The van der Waals surface area contributed by atoms with Crippen LogP contribution in [0.4, 0.5) is 8.78 Å². The van der Waals surface area contributed by atoms with Crippen molar-refractivity contribution in [3.05, 3.63) is 24.5 Å². The number of methoxy groups -OCH3 is 1. The van der Waals surface area contributed by atoms with E-state index in [1.807, 2.05) is 0 Å². The van der Waals surface area contributed by atoms with Gasteiger partial charge in [-0.25, -0.2) is 0 Å². The van der Waals surface area contributed by atoms with Crippen molar-refractivity contribution in [1.82, 2.24) is 10.2 Å². The van der Waals surface area contributed by atoms with Gasteiger partial charge in [-0.15, -0.1) is 10.2 Å². The average Bonchev–Trinajstić information content (AvgIpc) is 3.02. The first-order valence-corrected chi connectivity index (χ1v) is 6.28. The number of furan rings is 1. The first-order chi connectivity index (χ1) is 9.20. The van der Waals surface area contributed by atoms with Gasteiger partial charge in [-0.05, 0) is 18.6 Å². The SMILES string of the molecule is COc1occc1-c1nnc(SCCC=C(F)F)o1. The van der Waals surface area contributed by atoms with Gasteiger partial charge in [-0.3, -0.25) is 0 Å². The van der Waals surface area contributed by atoms with E-state index in [1.165, 1.54) is 25.1 Å². The van der Waals surface area contributed by atoms with Crippen LogP contribution < -0.4 is 4.74 Å². The maximum Gasteiger partial charge on any atom is 0.297 e. The Kier molecular flexibility index (Phi) is 4.56. The molecule has 0 aromatic carbocycles. The fourth-order valence-corrected chi connectivity index (χ4v) is 1.95. The second-order valence-corrected chi connectivity index (χ2v) is 4.38. The summed E-state index contributed by atoms with van der Waals surface area (Å²) >= 11 is 1.20. The lowest BCUT2D eigenvalue weighted by atomic mass is 10.3. The second-order valence-electron chi connectivity index (χ2n) is 3.33. The normalized spacial score (nSPS) is 10.5. The second kappa shape index (κ2) is 6.37. The highest BCUT2D eigenvalue weighted by atomic mass is 32.2. The molecule has 2 rings (SSSR count). The Morgan fingerprint density at radius 1 is 1.47 bits per heavy atom. The van der Waals surface area contributed by atoms with Gasteiger partial charge in [-0.1, -0.05) is 11.8 Å². The Morgan fingerprint density at radius 2 is 2.32 bits per heavy atom. The van der Waals surface area contributed by atoms with Crippen LogP contribution in [0.15, 0.2) is 38.5 Å². The molecule has 102 valence electrons. The third kappa shape index (κ3) is 3.57. The molecule has 0 spiro atoms. The van der Waals surface area contributed by atoms with Gasteiger partial charge in [-0.2, -0.15) is 8.78 Å². The van der Waals surface area contributed by atoms with E-state index in [0.29, 0.717) is 16.5 Å². The number of allylic oxidation sites excluding steroid dienone is 1. The summed E-state index contributed by atoms with van der Waals surface area (Å²) < 4.78 is 39.0. The van der Waals surface area contributed by atoms with Crippen molar-refractivity contribution in [1.29, 1.82) is 0 Å². The predicted molar refractivity (Wildman–Crippen MR) is 64.2 cm³/mol. The molecule has 0 radical (unpaired) electrons. The zero-order valence-electron chi connectivity index (χ0n) is 9.93. The van der Waals surface area contributed by atoms with Crippen LogP contribution in [0.3, 0.4) is 0 Å². The number of nitrogens with zero attached hydrogens (tertiary/aromatic N) is 2. The largest absolute Gasteiger partial charge is 0.468 e. The minimum absolute atomic E-state index is 0.236. The Morgan fingerprint density at radius 3 is 3.05 bits per heavy atom. The third-order valence-corrected chi connectivity index (χ3v) is 2.95. The molecule has 0 fully saturated rings. The molecule has 0 aliphatic carbocycles. The molecule has 0 saturated carbocycles. The van der Waals surface area contributed by atoms with Crippen molar-refractivity contribution in [2.45, 2.75) is 11.6 Å². The number of ether oxygens (including phenoxy) is 1. The van der Waals surface area contributed by atoms with Gasteiger partial charge in [0, 0.05) is 5.75 Å². The molecule has 19 heavy (non-hydrogen) atoms. The Hall–Kier alpha value is -1.83. The first kappa shape index (κ1) is 13.6. The lowest BCUT2D eigenvalue weighted by Crippen LogP contribution is -1.82. The lowest BCUT2D eigenvalue weighted by Gasteiger charge is -1.94. The highest BCUT2D eigenvalue weighted by Gasteiger charge is 2.16. The molecule has 5 nitrogen and oxygen atoms in total. The van der Waals surface area contributed by atoms with Gasteiger partial charge in [0.25, 0.3) is 23.1 Å².